The predicted molar refractivity (Wildman–Crippen MR) is 119 cm³/mol. The number of phenolic OH excluding ortho intramolecular Hbond substituents is 1. The van der Waals surface area contributed by atoms with Crippen LogP contribution >= 0.6 is 22.9 Å². The van der Waals surface area contributed by atoms with Gasteiger partial charge in [-0.3, -0.25) is 4.79 Å². The van der Waals surface area contributed by atoms with Crippen LogP contribution in [0.25, 0.3) is 32.1 Å². The lowest BCUT2D eigenvalue weighted by Gasteiger charge is -2.12. The van der Waals surface area contributed by atoms with E-state index in [-0.39, 0.29) is 33.8 Å². The number of alkyl halides is 1. The smallest absolute Gasteiger partial charge is 0.266 e. The maximum atomic E-state index is 12.6. The highest BCUT2D eigenvalue weighted by atomic mass is 35.5. The minimum absolute atomic E-state index is 0.0217. The van der Waals surface area contributed by atoms with E-state index in [1.165, 1.54) is 17.4 Å². The van der Waals surface area contributed by atoms with E-state index in [0.29, 0.717) is 21.3 Å². The van der Waals surface area contributed by atoms with Crippen molar-refractivity contribution in [2.24, 2.45) is 5.92 Å². The zero-order valence-corrected chi connectivity index (χ0v) is 17.9. The number of sulfone groups is 1. The van der Waals surface area contributed by atoms with Crippen molar-refractivity contribution in [3.63, 3.8) is 0 Å². The molecular weight excluding hydrogens is 430 g/mol. The lowest BCUT2D eigenvalue weighted by Crippen LogP contribution is -2.15. The van der Waals surface area contributed by atoms with Crippen LogP contribution in [0.1, 0.15) is 6.92 Å². The number of thiophene rings is 1. The number of aromatic amines is 1. The summed E-state index contributed by atoms with van der Waals surface area (Å²) in [6.45, 7) is 1.79. The first-order valence-corrected chi connectivity index (χ1v) is 12.0. The number of fused-ring (bicyclic) bond motifs is 3. The highest BCUT2D eigenvalue weighted by molar-refractivity contribution is 7.91. The Morgan fingerprint density at radius 2 is 1.86 bits per heavy atom. The van der Waals surface area contributed by atoms with Crippen LogP contribution in [0, 0.1) is 5.92 Å². The van der Waals surface area contributed by atoms with Crippen LogP contribution in [0.2, 0.25) is 0 Å². The van der Waals surface area contributed by atoms with Gasteiger partial charge in [0, 0.05) is 27.7 Å². The third-order valence-corrected chi connectivity index (χ3v) is 8.28. The summed E-state index contributed by atoms with van der Waals surface area (Å²) in [5, 5.41) is 13.9. The number of phenols is 1. The average molecular weight is 448 g/mol. The Balaban J connectivity index is 1.89. The molecule has 29 heavy (non-hydrogen) atoms. The zero-order chi connectivity index (χ0) is 20.8. The van der Waals surface area contributed by atoms with Crippen molar-refractivity contribution >= 4 is 53.8 Å². The molecule has 4 rings (SSSR count). The van der Waals surface area contributed by atoms with E-state index in [1.54, 1.807) is 37.3 Å². The van der Waals surface area contributed by atoms with Gasteiger partial charge in [0.25, 0.3) is 5.56 Å². The number of rotatable bonds is 5. The molecule has 0 spiro atoms. The second-order valence-corrected chi connectivity index (χ2v) is 10.3. The van der Waals surface area contributed by atoms with Gasteiger partial charge < -0.3 is 10.1 Å². The quantitative estimate of drug-likeness (QED) is 0.431. The van der Waals surface area contributed by atoms with Crippen molar-refractivity contribution in [3.05, 3.63) is 58.2 Å². The topological polar surface area (TPSA) is 87.2 Å². The molecule has 8 heteroatoms. The van der Waals surface area contributed by atoms with Gasteiger partial charge in [0.1, 0.15) is 10.4 Å². The van der Waals surface area contributed by atoms with Crippen LogP contribution in [-0.2, 0) is 9.84 Å². The molecule has 0 fully saturated rings. The van der Waals surface area contributed by atoms with Crippen molar-refractivity contribution in [1.82, 2.24) is 4.98 Å². The number of benzene rings is 2. The first-order valence-electron chi connectivity index (χ1n) is 8.96. The molecule has 1 atom stereocenters. The minimum atomic E-state index is -3.45. The number of H-pyrrole nitrogens is 1. The van der Waals surface area contributed by atoms with Crippen LogP contribution in [0.5, 0.6) is 5.75 Å². The Bertz CT molecular complexity index is 1370. The van der Waals surface area contributed by atoms with Crippen LogP contribution < -0.4 is 5.56 Å². The van der Waals surface area contributed by atoms with E-state index in [9.17, 15) is 18.3 Å². The number of halogens is 1. The van der Waals surface area contributed by atoms with Gasteiger partial charge in [-0.15, -0.1) is 22.9 Å². The molecule has 2 heterocycles. The zero-order valence-electron chi connectivity index (χ0n) is 15.5. The number of hydrogen-bond acceptors (Lipinski definition) is 5. The van der Waals surface area contributed by atoms with Crippen LogP contribution in [0.15, 0.2) is 57.5 Å². The molecule has 1 unspecified atom stereocenters. The molecule has 0 radical (unpaired) electrons. The van der Waals surface area contributed by atoms with Crippen LogP contribution in [0.4, 0.5) is 0 Å². The van der Waals surface area contributed by atoms with Gasteiger partial charge in [0.05, 0.1) is 10.6 Å². The van der Waals surface area contributed by atoms with Gasteiger partial charge in [0.15, 0.2) is 9.84 Å². The summed E-state index contributed by atoms with van der Waals surface area (Å²) in [7, 11) is -3.45. The molecule has 0 aliphatic rings. The Labute approximate surface area is 176 Å². The summed E-state index contributed by atoms with van der Waals surface area (Å²) in [6.07, 6.45) is 0. The summed E-state index contributed by atoms with van der Waals surface area (Å²) in [5.74, 6) is 0.165. The van der Waals surface area contributed by atoms with E-state index in [4.69, 9.17) is 11.6 Å². The Kier molecular flexibility index (Phi) is 5.14. The fourth-order valence-electron chi connectivity index (χ4n) is 3.47. The summed E-state index contributed by atoms with van der Waals surface area (Å²) in [4.78, 5) is 15.3. The van der Waals surface area contributed by atoms with Gasteiger partial charge >= 0.3 is 0 Å². The summed E-state index contributed by atoms with van der Waals surface area (Å²) < 4.78 is 25.7. The Morgan fingerprint density at radius 1 is 1.14 bits per heavy atom. The SMILES string of the molecule is CC(CCl)CS(=O)(=O)c1ccc(-c2c(O)ccc3[nH]c(=O)c4sccc4c23)cc1. The Morgan fingerprint density at radius 3 is 2.55 bits per heavy atom. The third kappa shape index (κ3) is 3.54. The average Bonchev–Trinajstić information content (AvgIpc) is 3.19. The van der Waals surface area contributed by atoms with Crippen molar-refractivity contribution in [3.8, 4) is 16.9 Å². The molecule has 150 valence electrons. The molecule has 2 aromatic heterocycles. The monoisotopic (exact) mass is 447 g/mol. The third-order valence-electron chi connectivity index (χ3n) is 4.84. The molecule has 0 amide bonds. The summed E-state index contributed by atoms with van der Waals surface area (Å²) in [6, 6.07) is 11.5. The lowest BCUT2D eigenvalue weighted by molar-refractivity contribution is 0.478. The molecule has 2 N–H and O–H groups in total. The van der Waals surface area contributed by atoms with E-state index in [1.807, 2.05) is 11.4 Å². The highest BCUT2D eigenvalue weighted by Crippen LogP contribution is 2.39. The molecule has 0 bridgehead atoms. The van der Waals surface area contributed by atoms with Gasteiger partial charge in [0.2, 0.25) is 0 Å². The van der Waals surface area contributed by atoms with E-state index < -0.39 is 9.84 Å². The molecule has 0 aliphatic carbocycles. The molecule has 5 nitrogen and oxygen atoms in total. The van der Waals surface area contributed by atoms with E-state index >= 15 is 0 Å². The normalized spacial score (nSPS) is 13.2. The summed E-state index contributed by atoms with van der Waals surface area (Å²) >= 11 is 7.09. The highest BCUT2D eigenvalue weighted by Gasteiger charge is 2.20. The van der Waals surface area contributed by atoms with Crippen molar-refractivity contribution in [2.75, 3.05) is 11.6 Å². The number of pyridine rings is 1. The van der Waals surface area contributed by atoms with E-state index in [2.05, 4.69) is 4.98 Å². The molecule has 0 saturated carbocycles. The van der Waals surface area contributed by atoms with Crippen molar-refractivity contribution < 1.29 is 13.5 Å². The van der Waals surface area contributed by atoms with Gasteiger partial charge in [-0.05, 0) is 47.2 Å². The summed E-state index contributed by atoms with van der Waals surface area (Å²) in [5.41, 5.74) is 1.66. The fourth-order valence-corrected chi connectivity index (χ4v) is 6.12. The number of aromatic hydroxyl groups is 1. The lowest BCUT2D eigenvalue weighted by atomic mass is 9.97. The maximum absolute atomic E-state index is 12.6. The number of aromatic nitrogens is 1. The second-order valence-electron chi connectivity index (χ2n) is 7.07. The first-order chi connectivity index (χ1) is 13.8. The number of hydrogen-bond donors (Lipinski definition) is 2. The molecule has 2 aromatic carbocycles. The molecule has 0 aliphatic heterocycles. The molecular formula is C21H18ClNO4S2. The van der Waals surface area contributed by atoms with Crippen molar-refractivity contribution in [1.29, 1.82) is 0 Å². The predicted octanol–water partition coefficient (Wildman–Crippen LogP) is 4.76. The van der Waals surface area contributed by atoms with Crippen molar-refractivity contribution in [2.45, 2.75) is 11.8 Å². The first kappa shape index (κ1) is 19.9. The fraction of sp³-hybridized carbons (Fsp3) is 0.190. The van der Waals surface area contributed by atoms with E-state index in [0.717, 1.165) is 10.8 Å². The maximum Gasteiger partial charge on any atom is 0.266 e. The molecule has 0 saturated heterocycles. The van der Waals surface area contributed by atoms with Gasteiger partial charge in [-0.1, -0.05) is 19.1 Å². The van der Waals surface area contributed by atoms with Crippen LogP contribution in [0.3, 0.4) is 0 Å². The largest absolute Gasteiger partial charge is 0.507 e. The second kappa shape index (κ2) is 7.48. The molecule has 4 aromatic rings. The van der Waals surface area contributed by atoms with Gasteiger partial charge in [-0.2, -0.15) is 0 Å². The minimum Gasteiger partial charge on any atom is -0.507 e. The standard InChI is InChI=1S/C21H18ClNO4S2/c1-12(10-22)11-29(26,27)14-4-2-13(3-5-14)18-17(24)7-6-16-19(18)15-8-9-28-20(15)21(25)23-16/h2-9,12,24H,10-11H2,1H3,(H,23,25). The van der Waals surface area contributed by atoms with Gasteiger partial charge in [-0.25, -0.2) is 8.42 Å². The Hall–Kier alpha value is -2.35. The number of nitrogens with one attached hydrogen (secondary N) is 1. The van der Waals surface area contributed by atoms with Crippen LogP contribution in [-0.4, -0.2) is 30.1 Å².